The number of aromatic carboxylic acids is 1. The molecule has 0 spiro atoms. The zero-order valence-electron chi connectivity index (χ0n) is 11.0. The number of aromatic nitrogens is 1. The van der Waals surface area contributed by atoms with Crippen LogP contribution in [0.2, 0.25) is 0 Å². The summed E-state index contributed by atoms with van der Waals surface area (Å²) in [5.41, 5.74) is -1.00. The largest absolute Gasteiger partial charge is 0.477 e. The minimum atomic E-state index is -1.25. The molecule has 1 aliphatic carbocycles. The number of hydrogen-bond acceptors (Lipinski definition) is 6. The average Bonchev–Trinajstić information content (AvgIpc) is 2.37. The maximum Gasteiger partial charge on any atom is 0.354 e. The molecule has 0 aromatic carbocycles. The molecule has 0 radical (unpaired) electrons. The fraction of sp³-hybridized carbons (Fsp3) is 0.500. The molecule has 0 saturated heterocycles. The Morgan fingerprint density at radius 3 is 2.65 bits per heavy atom. The number of nitro groups is 1. The van der Waals surface area contributed by atoms with Gasteiger partial charge in [0.15, 0.2) is 5.69 Å². The Balaban J connectivity index is 2.32. The first-order chi connectivity index (χ1) is 9.23. The monoisotopic (exact) mass is 281 g/mol. The fourth-order valence-electron chi connectivity index (χ4n) is 2.14. The van der Waals surface area contributed by atoms with E-state index in [0.717, 1.165) is 12.1 Å². The predicted molar refractivity (Wildman–Crippen MR) is 69.7 cm³/mol. The molecule has 2 unspecified atom stereocenters. The molecule has 1 fully saturated rings. The van der Waals surface area contributed by atoms with Gasteiger partial charge in [0, 0.05) is 17.5 Å². The number of pyridine rings is 1. The zero-order valence-corrected chi connectivity index (χ0v) is 11.0. The molecular weight excluding hydrogens is 266 g/mol. The third-order valence-electron chi connectivity index (χ3n) is 3.82. The van der Waals surface area contributed by atoms with E-state index >= 15 is 0 Å². The molecule has 2 atom stereocenters. The highest BCUT2D eigenvalue weighted by molar-refractivity contribution is 5.86. The maximum atomic E-state index is 10.9. The molecule has 8 nitrogen and oxygen atoms in total. The van der Waals surface area contributed by atoms with Crippen molar-refractivity contribution in [2.75, 3.05) is 5.32 Å². The summed E-state index contributed by atoms with van der Waals surface area (Å²) < 4.78 is 0. The van der Waals surface area contributed by atoms with Gasteiger partial charge in [-0.3, -0.25) is 10.1 Å². The molecule has 3 N–H and O–H groups in total. The van der Waals surface area contributed by atoms with Gasteiger partial charge in [0.2, 0.25) is 5.82 Å². The molecule has 1 heterocycles. The molecule has 0 bridgehead atoms. The second-order valence-corrected chi connectivity index (χ2v) is 5.40. The number of nitrogens with one attached hydrogen (secondary N) is 1. The summed E-state index contributed by atoms with van der Waals surface area (Å²) in [6.45, 7) is 3.65. The molecule has 2 rings (SSSR count). The minimum absolute atomic E-state index is 0.0834. The summed E-state index contributed by atoms with van der Waals surface area (Å²) in [4.78, 5) is 25.0. The van der Waals surface area contributed by atoms with E-state index in [1.165, 1.54) is 0 Å². The van der Waals surface area contributed by atoms with Crippen molar-refractivity contribution in [1.82, 2.24) is 4.98 Å². The van der Waals surface area contributed by atoms with Gasteiger partial charge in [0.05, 0.1) is 11.0 Å². The van der Waals surface area contributed by atoms with Gasteiger partial charge >= 0.3 is 11.7 Å². The molecule has 0 amide bonds. The van der Waals surface area contributed by atoms with Crippen LogP contribution < -0.4 is 5.32 Å². The summed E-state index contributed by atoms with van der Waals surface area (Å²) in [5, 5.41) is 32.4. The Morgan fingerprint density at radius 2 is 2.20 bits per heavy atom. The third kappa shape index (κ3) is 2.29. The van der Waals surface area contributed by atoms with Crippen molar-refractivity contribution >= 4 is 17.5 Å². The third-order valence-corrected chi connectivity index (χ3v) is 3.82. The van der Waals surface area contributed by atoms with Gasteiger partial charge in [-0.25, -0.2) is 9.78 Å². The molecule has 20 heavy (non-hydrogen) atoms. The number of nitrogens with zero attached hydrogens (tertiary/aromatic N) is 2. The van der Waals surface area contributed by atoms with Crippen molar-refractivity contribution in [2.24, 2.45) is 5.41 Å². The number of rotatable bonds is 4. The quantitative estimate of drug-likeness (QED) is 0.560. The molecule has 1 aromatic heterocycles. The van der Waals surface area contributed by atoms with Gasteiger partial charge in [-0.05, 0) is 12.5 Å². The van der Waals surface area contributed by atoms with Crippen molar-refractivity contribution < 1.29 is 19.9 Å². The summed E-state index contributed by atoms with van der Waals surface area (Å²) in [5.74, 6) is -1.34. The number of carboxylic acids is 1. The van der Waals surface area contributed by atoms with Crippen molar-refractivity contribution in [1.29, 1.82) is 0 Å². The molecular formula is C12H15N3O5. The van der Waals surface area contributed by atoms with Crippen molar-refractivity contribution in [3.63, 3.8) is 0 Å². The lowest BCUT2D eigenvalue weighted by Crippen LogP contribution is -2.57. The van der Waals surface area contributed by atoms with Crippen LogP contribution in [0.15, 0.2) is 12.1 Å². The van der Waals surface area contributed by atoms with Gasteiger partial charge in [0.1, 0.15) is 0 Å². The summed E-state index contributed by atoms with van der Waals surface area (Å²) >= 11 is 0. The Labute approximate surface area is 114 Å². The van der Waals surface area contributed by atoms with Crippen molar-refractivity contribution in [3.8, 4) is 0 Å². The number of anilines is 1. The molecule has 1 saturated carbocycles. The topological polar surface area (TPSA) is 126 Å². The van der Waals surface area contributed by atoms with Gasteiger partial charge < -0.3 is 15.5 Å². The van der Waals surface area contributed by atoms with E-state index in [2.05, 4.69) is 10.3 Å². The zero-order chi connectivity index (χ0) is 15.1. The minimum Gasteiger partial charge on any atom is -0.477 e. The Bertz CT molecular complexity index is 572. The highest BCUT2D eigenvalue weighted by Gasteiger charge is 2.48. The predicted octanol–water partition coefficient (Wildman–Crippen LogP) is 1.26. The lowest BCUT2D eigenvalue weighted by atomic mass is 9.64. The average molecular weight is 281 g/mol. The lowest BCUT2D eigenvalue weighted by Gasteiger charge is -2.49. The SMILES string of the molecule is CC1(C)C(O)CC1Nc1nc(C(=O)O)ccc1[N+](=O)[O-]. The van der Waals surface area contributed by atoms with Crippen LogP contribution in [0.3, 0.4) is 0 Å². The normalized spacial score (nSPS) is 23.8. The van der Waals surface area contributed by atoms with E-state index < -0.39 is 22.4 Å². The molecule has 1 aliphatic rings. The maximum absolute atomic E-state index is 10.9. The van der Waals surface area contributed by atoms with Gasteiger partial charge in [-0.15, -0.1) is 0 Å². The van der Waals surface area contributed by atoms with E-state index in [1.54, 1.807) is 0 Å². The smallest absolute Gasteiger partial charge is 0.354 e. The number of aliphatic hydroxyl groups is 1. The molecule has 0 aliphatic heterocycles. The van der Waals surface area contributed by atoms with E-state index in [-0.39, 0.29) is 23.2 Å². The Morgan fingerprint density at radius 1 is 1.55 bits per heavy atom. The summed E-state index contributed by atoms with van der Waals surface area (Å²) in [7, 11) is 0. The van der Waals surface area contributed by atoms with Crippen LogP contribution in [-0.4, -0.2) is 38.2 Å². The molecule has 1 aromatic rings. The summed E-state index contributed by atoms with van der Waals surface area (Å²) in [6.07, 6.45) is -0.0648. The van der Waals surface area contributed by atoms with Gasteiger partial charge in [-0.2, -0.15) is 0 Å². The van der Waals surface area contributed by atoms with Crippen LogP contribution in [0.25, 0.3) is 0 Å². The first kappa shape index (κ1) is 14.2. The number of aliphatic hydroxyl groups excluding tert-OH is 1. The van der Waals surface area contributed by atoms with Crippen molar-refractivity contribution in [3.05, 3.63) is 27.9 Å². The van der Waals surface area contributed by atoms with Crippen molar-refractivity contribution in [2.45, 2.75) is 32.4 Å². The molecule has 8 heteroatoms. The van der Waals surface area contributed by atoms with E-state index in [9.17, 15) is 20.0 Å². The first-order valence-corrected chi connectivity index (χ1v) is 6.07. The van der Waals surface area contributed by atoms with E-state index in [4.69, 9.17) is 5.11 Å². The Hall–Kier alpha value is -2.22. The number of hydrogen-bond donors (Lipinski definition) is 3. The van der Waals surface area contributed by atoms with E-state index in [0.29, 0.717) is 6.42 Å². The standard InChI is InChI=1S/C12H15N3O5/c1-12(2)8(5-9(12)16)14-10-7(15(19)20)4-3-6(13-10)11(17)18/h3-4,8-9,16H,5H2,1-2H3,(H,13,14)(H,17,18). The van der Waals surface area contributed by atoms with Crippen LogP contribution in [0, 0.1) is 15.5 Å². The second-order valence-electron chi connectivity index (χ2n) is 5.40. The number of carbonyl (C=O) groups is 1. The first-order valence-electron chi connectivity index (χ1n) is 6.07. The lowest BCUT2D eigenvalue weighted by molar-refractivity contribution is -0.384. The Kier molecular flexibility index (Phi) is 3.34. The highest BCUT2D eigenvalue weighted by atomic mass is 16.6. The molecule has 108 valence electrons. The van der Waals surface area contributed by atoms with Crippen LogP contribution >= 0.6 is 0 Å². The number of carboxylic acid groups (broad SMARTS) is 1. The van der Waals surface area contributed by atoms with Gasteiger partial charge in [-0.1, -0.05) is 13.8 Å². The van der Waals surface area contributed by atoms with Crippen LogP contribution in [0.1, 0.15) is 30.8 Å². The fourth-order valence-corrected chi connectivity index (χ4v) is 2.14. The van der Waals surface area contributed by atoms with Gasteiger partial charge in [0.25, 0.3) is 0 Å². The van der Waals surface area contributed by atoms with E-state index in [1.807, 2.05) is 13.8 Å². The highest BCUT2D eigenvalue weighted by Crippen LogP contribution is 2.42. The van der Waals surface area contributed by atoms with Crippen LogP contribution in [-0.2, 0) is 0 Å². The summed E-state index contributed by atoms with van der Waals surface area (Å²) in [6, 6.07) is 2.00. The second kappa shape index (κ2) is 4.71. The van der Waals surface area contributed by atoms with Crippen LogP contribution in [0.4, 0.5) is 11.5 Å². The van der Waals surface area contributed by atoms with Crippen LogP contribution in [0.5, 0.6) is 0 Å².